The molecule has 5 rings (SSSR count). The van der Waals surface area contributed by atoms with E-state index in [9.17, 15) is 14.4 Å². The summed E-state index contributed by atoms with van der Waals surface area (Å²) in [6.07, 6.45) is 4.80. The predicted octanol–water partition coefficient (Wildman–Crippen LogP) is 6.22. The lowest BCUT2D eigenvalue weighted by molar-refractivity contribution is -0.115. The Hall–Kier alpha value is -4.80. The SMILES string of the molecule is CC(Sc1ccc(NC(=O)/C(=C/c2cccnc2)NC(=O)c2ccccc2)cc1)C(=O)Nc1nc2ccccc2s1. The number of hydrogen-bond donors (Lipinski definition) is 3. The van der Waals surface area contributed by atoms with Gasteiger partial charge in [0.2, 0.25) is 5.91 Å². The number of thiazole rings is 1. The summed E-state index contributed by atoms with van der Waals surface area (Å²) in [6, 6.07) is 27.1. The van der Waals surface area contributed by atoms with E-state index in [1.54, 1.807) is 67.0 Å². The Bertz CT molecular complexity index is 1670. The van der Waals surface area contributed by atoms with E-state index < -0.39 is 11.8 Å². The normalized spacial score (nSPS) is 12.0. The van der Waals surface area contributed by atoms with Crippen molar-refractivity contribution >= 4 is 67.9 Å². The van der Waals surface area contributed by atoms with Gasteiger partial charge in [-0.3, -0.25) is 19.4 Å². The molecule has 0 saturated heterocycles. The van der Waals surface area contributed by atoms with Crippen LogP contribution in [0.3, 0.4) is 0 Å². The molecule has 2 heterocycles. The Kier molecular flexibility index (Phi) is 8.82. The van der Waals surface area contributed by atoms with Gasteiger partial charge < -0.3 is 16.0 Å². The minimum Gasteiger partial charge on any atom is -0.321 e. The van der Waals surface area contributed by atoms with Gasteiger partial charge in [0.05, 0.1) is 15.5 Å². The summed E-state index contributed by atoms with van der Waals surface area (Å²) in [5.41, 5.74) is 2.56. The topological polar surface area (TPSA) is 113 Å². The molecule has 2 aromatic heterocycles. The zero-order valence-corrected chi connectivity index (χ0v) is 23.5. The molecule has 10 heteroatoms. The molecular formula is C31H25N5O3S2. The molecular weight excluding hydrogens is 555 g/mol. The van der Waals surface area contributed by atoms with Crippen molar-refractivity contribution in [2.24, 2.45) is 0 Å². The Morgan fingerprint density at radius 2 is 1.63 bits per heavy atom. The lowest BCUT2D eigenvalue weighted by Gasteiger charge is -2.13. The number of pyridine rings is 1. The molecule has 0 fully saturated rings. The molecule has 3 N–H and O–H groups in total. The van der Waals surface area contributed by atoms with E-state index in [0.29, 0.717) is 21.9 Å². The highest BCUT2D eigenvalue weighted by Crippen LogP contribution is 2.28. The molecule has 0 spiro atoms. The van der Waals surface area contributed by atoms with Gasteiger partial charge in [0.15, 0.2) is 5.13 Å². The molecule has 0 saturated carbocycles. The second-order valence-corrected chi connectivity index (χ2v) is 11.3. The van der Waals surface area contributed by atoms with Gasteiger partial charge in [-0.25, -0.2) is 4.98 Å². The molecule has 0 aliphatic heterocycles. The van der Waals surface area contributed by atoms with Gasteiger partial charge in [0.25, 0.3) is 11.8 Å². The summed E-state index contributed by atoms with van der Waals surface area (Å²) in [5.74, 6) is -1.03. The number of fused-ring (bicyclic) bond motifs is 1. The minimum absolute atomic E-state index is 0.0745. The average molecular weight is 580 g/mol. The van der Waals surface area contributed by atoms with Crippen LogP contribution in [-0.2, 0) is 9.59 Å². The summed E-state index contributed by atoms with van der Waals surface area (Å²) in [6.45, 7) is 1.83. The number of aromatic nitrogens is 2. The highest BCUT2D eigenvalue weighted by molar-refractivity contribution is 8.00. The Morgan fingerprint density at radius 3 is 2.37 bits per heavy atom. The van der Waals surface area contributed by atoms with Crippen LogP contribution in [-0.4, -0.2) is 32.9 Å². The zero-order valence-electron chi connectivity index (χ0n) is 21.9. The van der Waals surface area contributed by atoms with Crippen molar-refractivity contribution in [3.8, 4) is 0 Å². The summed E-state index contributed by atoms with van der Waals surface area (Å²) in [5, 5.41) is 8.63. The average Bonchev–Trinajstić information content (AvgIpc) is 3.41. The maximum Gasteiger partial charge on any atom is 0.272 e. The molecule has 0 bridgehead atoms. The smallest absolute Gasteiger partial charge is 0.272 e. The number of nitrogens with one attached hydrogen (secondary N) is 3. The molecule has 3 amide bonds. The molecule has 204 valence electrons. The lowest BCUT2D eigenvalue weighted by atomic mass is 10.2. The van der Waals surface area contributed by atoms with Crippen LogP contribution in [0.25, 0.3) is 16.3 Å². The van der Waals surface area contributed by atoms with Crippen LogP contribution in [0, 0.1) is 0 Å². The highest BCUT2D eigenvalue weighted by Gasteiger charge is 2.18. The third-order valence-electron chi connectivity index (χ3n) is 5.84. The number of amides is 3. The summed E-state index contributed by atoms with van der Waals surface area (Å²) in [4.78, 5) is 48.1. The summed E-state index contributed by atoms with van der Waals surface area (Å²) >= 11 is 2.83. The Balaban J connectivity index is 1.22. The van der Waals surface area contributed by atoms with Crippen molar-refractivity contribution in [2.75, 3.05) is 10.6 Å². The second-order valence-electron chi connectivity index (χ2n) is 8.88. The third kappa shape index (κ3) is 7.44. The Morgan fingerprint density at radius 1 is 0.878 bits per heavy atom. The van der Waals surface area contributed by atoms with Crippen LogP contribution in [0.5, 0.6) is 0 Å². The van der Waals surface area contributed by atoms with Crippen molar-refractivity contribution in [3.63, 3.8) is 0 Å². The number of hydrogen-bond acceptors (Lipinski definition) is 7. The van der Waals surface area contributed by atoms with Crippen LogP contribution in [0.15, 0.2) is 114 Å². The molecule has 8 nitrogen and oxygen atoms in total. The fourth-order valence-corrected chi connectivity index (χ4v) is 5.51. The number of carbonyl (C=O) groups is 3. The lowest BCUT2D eigenvalue weighted by Crippen LogP contribution is -2.30. The highest BCUT2D eigenvalue weighted by atomic mass is 32.2. The predicted molar refractivity (Wildman–Crippen MR) is 165 cm³/mol. The maximum absolute atomic E-state index is 13.2. The molecule has 3 aromatic carbocycles. The summed E-state index contributed by atoms with van der Waals surface area (Å²) < 4.78 is 1.01. The first-order valence-electron chi connectivity index (χ1n) is 12.7. The molecule has 0 aliphatic carbocycles. The first-order chi connectivity index (χ1) is 19.9. The van der Waals surface area contributed by atoms with Crippen LogP contribution < -0.4 is 16.0 Å². The molecule has 5 aromatic rings. The molecule has 41 heavy (non-hydrogen) atoms. The van der Waals surface area contributed by atoms with Gasteiger partial charge in [0, 0.05) is 28.5 Å². The molecule has 1 atom stereocenters. The molecule has 0 aliphatic rings. The molecule has 0 radical (unpaired) electrons. The Labute approximate surface area is 244 Å². The van der Waals surface area contributed by atoms with Crippen molar-refractivity contribution in [1.29, 1.82) is 0 Å². The van der Waals surface area contributed by atoms with Crippen LogP contribution in [0.1, 0.15) is 22.8 Å². The quantitative estimate of drug-likeness (QED) is 0.141. The van der Waals surface area contributed by atoms with Crippen LogP contribution >= 0.6 is 23.1 Å². The van der Waals surface area contributed by atoms with E-state index in [0.717, 1.165) is 15.1 Å². The first kappa shape index (κ1) is 27.8. The van der Waals surface area contributed by atoms with Gasteiger partial charge in [-0.05, 0) is 73.2 Å². The zero-order chi connectivity index (χ0) is 28.6. The van der Waals surface area contributed by atoms with Crippen LogP contribution in [0.4, 0.5) is 10.8 Å². The number of thioether (sulfide) groups is 1. The van der Waals surface area contributed by atoms with Crippen molar-refractivity contribution in [3.05, 3.63) is 120 Å². The fraction of sp³-hybridized carbons (Fsp3) is 0.0645. The fourth-order valence-electron chi connectivity index (χ4n) is 3.78. The van der Waals surface area contributed by atoms with E-state index >= 15 is 0 Å². The second kappa shape index (κ2) is 13.0. The number of benzene rings is 3. The largest absolute Gasteiger partial charge is 0.321 e. The third-order valence-corrected chi connectivity index (χ3v) is 7.91. The number of nitrogens with zero attached hydrogens (tertiary/aromatic N) is 2. The van der Waals surface area contributed by atoms with Gasteiger partial charge in [-0.15, -0.1) is 11.8 Å². The van der Waals surface area contributed by atoms with Crippen molar-refractivity contribution < 1.29 is 14.4 Å². The van der Waals surface area contributed by atoms with E-state index in [-0.39, 0.29) is 16.9 Å². The van der Waals surface area contributed by atoms with E-state index in [1.807, 2.05) is 49.4 Å². The maximum atomic E-state index is 13.2. The number of carbonyl (C=O) groups excluding carboxylic acids is 3. The van der Waals surface area contributed by atoms with Gasteiger partial charge in [-0.2, -0.15) is 0 Å². The van der Waals surface area contributed by atoms with E-state index in [2.05, 4.69) is 25.9 Å². The molecule has 1 unspecified atom stereocenters. The number of para-hydroxylation sites is 1. The number of rotatable bonds is 9. The standard InChI is InChI=1S/C31H25N5O3S2/c1-20(28(37)36-31-35-25-11-5-6-12-27(25)41-31)40-24-15-13-23(14-16-24)33-30(39)26(18-21-8-7-17-32-19-21)34-29(38)22-9-3-2-4-10-22/h2-20H,1H3,(H,33,39)(H,34,38)(H,35,36,37)/b26-18-. The van der Waals surface area contributed by atoms with E-state index in [1.165, 1.54) is 23.1 Å². The monoisotopic (exact) mass is 579 g/mol. The van der Waals surface area contributed by atoms with Crippen LogP contribution in [0.2, 0.25) is 0 Å². The van der Waals surface area contributed by atoms with Gasteiger partial charge in [-0.1, -0.05) is 47.7 Å². The van der Waals surface area contributed by atoms with Gasteiger partial charge in [0.1, 0.15) is 5.70 Å². The first-order valence-corrected chi connectivity index (χ1v) is 14.4. The van der Waals surface area contributed by atoms with Gasteiger partial charge >= 0.3 is 0 Å². The minimum atomic E-state index is -0.484. The van der Waals surface area contributed by atoms with Crippen molar-refractivity contribution in [2.45, 2.75) is 17.1 Å². The van der Waals surface area contributed by atoms with Crippen molar-refractivity contribution in [1.82, 2.24) is 15.3 Å². The van der Waals surface area contributed by atoms with E-state index in [4.69, 9.17) is 0 Å². The number of anilines is 2. The summed E-state index contributed by atoms with van der Waals surface area (Å²) in [7, 11) is 0.